The fourth-order valence-electron chi connectivity index (χ4n) is 3.36. The third kappa shape index (κ3) is 5.19. The van der Waals surface area contributed by atoms with E-state index in [2.05, 4.69) is 14.8 Å². The van der Waals surface area contributed by atoms with E-state index >= 15 is 0 Å². The molecule has 11 nitrogen and oxygen atoms in total. The number of azide groups is 1. The first-order chi connectivity index (χ1) is 14.3. The molecule has 2 saturated heterocycles. The zero-order chi connectivity index (χ0) is 21.7. The normalized spacial score (nSPS) is 26.4. The van der Waals surface area contributed by atoms with E-state index < -0.39 is 42.4 Å². The van der Waals surface area contributed by atoms with E-state index in [-0.39, 0.29) is 19.7 Å². The number of fused-ring (bicyclic) bond motifs is 1. The monoisotopic (exact) mass is 420 g/mol. The summed E-state index contributed by atoms with van der Waals surface area (Å²) >= 11 is 0. The van der Waals surface area contributed by atoms with E-state index in [9.17, 15) is 9.59 Å². The molecule has 0 aromatic heterocycles. The van der Waals surface area contributed by atoms with Gasteiger partial charge >= 0.3 is 12.1 Å². The van der Waals surface area contributed by atoms with Crippen LogP contribution in [-0.4, -0.2) is 67.5 Å². The first-order valence-electron chi connectivity index (χ1n) is 9.40. The highest BCUT2D eigenvalue weighted by atomic mass is 16.8. The Morgan fingerprint density at radius 3 is 2.67 bits per heavy atom. The summed E-state index contributed by atoms with van der Waals surface area (Å²) in [6.07, 6.45) is -2.85. The van der Waals surface area contributed by atoms with Gasteiger partial charge in [-0.25, -0.2) is 4.79 Å². The fourth-order valence-corrected chi connectivity index (χ4v) is 3.36. The Morgan fingerprint density at radius 2 is 2.00 bits per heavy atom. The molecule has 1 aromatic rings. The van der Waals surface area contributed by atoms with Gasteiger partial charge in [0, 0.05) is 4.91 Å². The quantitative estimate of drug-likeness (QED) is 0.286. The van der Waals surface area contributed by atoms with E-state index in [0.717, 1.165) is 10.5 Å². The van der Waals surface area contributed by atoms with Gasteiger partial charge in [0.1, 0.15) is 19.3 Å². The predicted octanol–water partition coefficient (Wildman–Crippen LogP) is 2.35. The molecule has 1 aromatic carbocycles. The lowest BCUT2D eigenvalue weighted by atomic mass is 10.1. The lowest BCUT2D eigenvalue weighted by Crippen LogP contribution is -2.45. The van der Waals surface area contributed by atoms with Crippen molar-refractivity contribution in [2.45, 2.75) is 50.8 Å². The largest absolute Gasteiger partial charge is 0.468 e. The smallest absolute Gasteiger partial charge is 0.410 e. The minimum atomic E-state index is -0.885. The summed E-state index contributed by atoms with van der Waals surface area (Å²) in [4.78, 5) is 28.5. The summed E-state index contributed by atoms with van der Waals surface area (Å²) in [5, 5.41) is 3.77. The molecule has 0 radical (unpaired) electrons. The van der Waals surface area contributed by atoms with Gasteiger partial charge in [0.05, 0.1) is 25.8 Å². The van der Waals surface area contributed by atoms with Crippen molar-refractivity contribution in [3.8, 4) is 0 Å². The van der Waals surface area contributed by atoms with Crippen molar-refractivity contribution in [1.82, 2.24) is 4.90 Å². The first kappa shape index (κ1) is 21.8. The van der Waals surface area contributed by atoms with Crippen molar-refractivity contribution in [3.05, 3.63) is 46.3 Å². The average Bonchev–Trinajstić information content (AvgIpc) is 3.18. The molecule has 30 heavy (non-hydrogen) atoms. The Balaban J connectivity index is 1.70. The van der Waals surface area contributed by atoms with Crippen LogP contribution in [0.5, 0.6) is 0 Å². The highest BCUT2D eigenvalue weighted by Crippen LogP contribution is 2.39. The minimum absolute atomic E-state index is 0.0360. The topological polar surface area (TPSA) is 132 Å². The van der Waals surface area contributed by atoms with Crippen molar-refractivity contribution in [3.63, 3.8) is 0 Å². The van der Waals surface area contributed by atoms with Gasteiger partial charge in [-0.1, -0.05) is 35.4 Å². The Hall–Kier alpha value is -2.85. The Kier molecular flexibility index (Phi) is 6.78. The molecule has 0 aliphatic carbocycles. The van der Waals surface area contributed by atoms with Gasteiger partial charge in [-0.05, 0) is 24.9 Å². The third-order valence-electron chi connectivity index (χ3n) is 4.71. The second-order valence-corrected chi connectivity index (χ2v) is 7.34. The number of hydrogen-bond acceptors (Lipinski definition) is 8. The Morgan fingerprint density at radius 1 is 1.27 bits per heavy atom. The highest BCUT2D eigenvalue weighted by molar-refractivity contribution is 5.78. The van der Waals surface area contributed by atoms with Crippen LogP contribution in [0.4, 0.5) is 4.79 Å². The number of benzene rings is 1. The minimum Gasteiger partial charge on any atom is -0.468 e. The van der Waals surface area contributed by atoms with Gasteiger partial charge in [-0.2, -0.15) is 0 Å². The van der Waals surface area contributed by atoms with Crippen molar-refractivity contribution >= 4 is 12.1 Å². The zero-order valence-corrected chi connectivity index (χ0v) is 17.0. The molecule has 0 saturated carbocycles. The standard InChI is InChI=1S/C19H24N4O7/c1-19(2)29-16-15(21-22-20)13(28-17(16)30-19)9-23(10-14(24)26-3)18(25)27-11-12-7-5-4-6-8-12/h4-8,13,15-17H,9-11H2,1-3H3. The van der Waals surface area contributed by atoms with Crippen LogP contribution >= 0.6 is 0 Å². The molecule has 4 unspecified atom stereocenters. The average molecular weight is 420 g/mol. The second-order valence-electron chi connectivity index (χ2n) is 7.34. The molecule has 2 aliphatic heterocycles. The molecule has 0 N–H and O–H groups in total. The number of rotatable bonds is 7. The van der Waals surface area contributed by atoms with Crippen molar-refractivity contribution in [2.24, 2.45) is 5.11 Å². The fraction of sp³-hybridized carbons (Fsp3) is 0.579. The van der Waals surface area contributed by atoms with Gasteiger partial charge < -0.3 is 23.7 Å². The van der Waals surface area contributed by atoms with Crippen LogP contribution in [0.1, 0.15) is 19.4 Å². The molecular formula is C19H24N4O7. The highest BCUT2D eigenvalue weighted by Gasteiger charge is 2.55. The maximum atomic E-state index is 12.6. The maximum Gasteiger partial charge on any atom is 0.410 e. The van der Waals surface area contributed by atoms with Crippen molar-refractivity contribution < 1.29 is 33.3 Å². The molecular weight excluding hydrogens is 396 g/mol. The summed E-state index contributed by atoms with van der Waals surface area (Å²) in [5.41, 5.74) is 9.76. The summed E-state index contributed by atoms with van der Waals surface area (Å²) < 4.78 is 27.3. The molecule has 11 heteroatoms. The van der Waals surface area contributed by atoms with Gasteiger partial charge in [0.15, 0.2) is 12.1 Å². The Labute approximate surface area is 173 Å². The number of carbonyl (C=O) groups is 2. The molecule has 162 valence electrons. The lowest BCUT2D eigenvalue weighted by Gasteiger charge is -2.28. The number of methoxy groups -OCH3 is 1. The lowest BCUT2D eigenvalue weighted by molar-refractivity contribution is -0.207. The SMILES string of the molecule is COC(=O)CN(CC1OC2OC(C)(C)OC2C1N=[N+]=[N-])C(=O)OCc1ccccc1. The molecule has 2 aliphatic rings. The molecule has 0 spiro atoms. The summed E-state index contributed by atoms with van der Waals surface area (Å²) in [6, 6.07) is 8.38. The molecule has 1 amide bonds. The molecule has 0 bridgehead atoms. The summed E-state index contributed by atoms with van der Waals surface area (Å²) in [6.45, 7) is 3.05. The molecule has 3 rings (SSSR count). The van der Waals surface area contributed by atoms with Gasteiger partial charge in [-0.15, -0.1) is 0 Å². The number of amides is 1. The van der Waals surface area contributed by atoms with E-state index in [1.807, 2.05) is 30.3 Å². The number of nitrogens with zero attached hydrogens (tertiary/aromatic N) is 4. The van der Waals surface area contributed by atoms with Crippen molar-refractivity contribution in [1.29, 1.82) is 0 Å². The number of esters is 1. The summed E-state index contributed by atoms with van der Waals surface area (Å²) in [7, 11) is 1.22. The van der Waals surface area contributed by atoms with E-state index in [0.29, 0.717) is 0 Å². The predicted molar refractivity (Wildman–Crippen MR) is 102 cm³/mol. The van der Waals surface area contributed by atoms with Crippen LogP contribution in [-0.2, 0) is 35.1 Å². The molecule has 2 heterocycles. The second kappa shape index (κ2) is 9.31. The van der Waals surface area contributed by atoms with Gasteiger partial charge in [0.25, 0.3) is 0 Å². The summed E-state index contributed by atoms with van der Waals surface area (Å²) in [5.74, 6) is -1.51. The zero-order valence-electron chi connectivity index (χ0n) is 17.0. The van der Waals surface area contributed by atoms with E-state index in [4.69, 9.17) is 24.5 Å². The van der Waals surface area contributed by atoms with Crippen LogP contribution in [0, 0.1) is 0 Å². The van der Waals surface area contributed by atoms with Crippen LogP contribution in [0.3, 0.4) is 0 Å². The molecule has 4 atom stereocenters. The number of ether oxygens (including phenoxy) is 5. The van der Waals surface area contributed by atoms with Crippen LogP contribution in [0.25, 0.3) is 10.4 Å². The first-order valence-corrected chi connectivity index (χ1v) is 9.40. The van der Waals surface area contributed by atoms with E-state index in [1.54, 1.807) is 13.8 Å². The number of carbonyl (C=O) groups excluding carboxylic acids is 2. The van der Waals surface area contributed by atoms with Crippen molar-refractivity contribution in [2.75, 3.05) is 20.2 Å². The maximum absolute atomic E-state index is 12.6. The van der Waals surface area contributed by atoms with Crippen LogP contribution in [0.15, 0.2) is 35.4 Å². The number of hydrogen-bond donors (Lipinski definition) is 0. The van der Waals surface area contributed by atoms with Crippen LogP contribution in [0.2, 0.25) is 0 Å². The van der Waals surface area contributed by atoms with E-state index in [1.165, 1.54) is 7.11 Å². The third-order valence-corrected chi connectivity index (χ3v) is 4.71. The van der Waals surface area contributed by atoms with Crippen LogP contribution < -0.4 is 0 Å². The molecule has 2 fully saturated rings. The van der Waals surface area contributed by atoms with Gasteiger partial charge in [-0.3, -0.25) is 9.69 Å². The van der Waals surface area contributed by atoms with Gasteiger partial charge in [0.2, 0.25) is 0 Å². The Bertz CT molecular complexity index is 812.